The lowest BCUT2D eigenvalue weighted by Crippen LogP contribution is -2.38. The first-order valence-corrected chi connectivity index (χ1v) is 12.3. The molecule has 8 heteroatoms. The third-order valence-electron chi connectivity index (χ3n) is 7.63. The van der Waals surface area contributed by atoms with Gasteiger partial charge in [-0.1, -0.05) is 18.0 Å². The van der Waals surface area contributed by atoms with E-state index >= 15 is 0 Å². The monoisotopic (exact) mass is 473 g/mol. The second kappa shape index (κ2) is 10.8. The van der Waals surface area contributed by atoms with E-state index in [1.807, 2.05) is 6.92 Å². The Balaban J connectivity index is 1.21. The summed E-state index contributed by atoms with van der Waals surface area (Å²) < 4.78 is 32.4. The number of primary amides is 1. The number of hydrogen-bond donors (Lipinski definition) is 1. The van der Waals surface area contributed by atoms with E-state index < -0.39 is 17.6 Å². The first kappa shape index (κ1) is 24.5. The van der Waals surface area contributed by atoms with Crippen LogP contribution in [0.2, 0.25) is 0 Å². The molecule has 0 radical (unpaired) electrons. The van der Waals surface area contributed by atoms with Gasteiger partial charge >= 0.3 is 0 Å². The molecular formula is C26H33F2N3O3. The molecule has 1 aliphatic heterocycles. The lowest BCUT2D eigenvalue weighted by Gasteiger charge is -2.35. The van der Waals surface area contributed by atoms with Crippen molar-refractivity contribution >= 4 is 11.7 Å². The number of halogens is 2. The van der Waals surface area contributed by atoms with Gasteiger partial charge in [0.25, 0.3) is 0 Å². The molecule has 1 saturated heterocycles. The van der Waals surface area contributed by atoms with Crippen LogP contribution in [0.4, 0.5) is 8.78 Å². The second-order valence-electron chi connectivity index (χ2n) is 9.92. The molecule has 1 aliphatic carbocycles. The molecule has 1 unspecified atom stereocenters. The molecule has 2 aliphatic rings. The molecule has 34 heavy (non-hydrogen) atoms. The highest BCUT2D eigenvalue weighted by molar-refractivity contribution is 5.98. The van der Waals surface area contributed by atoms with Crippen molar-refractivity contribution in [3.63, 3.8) is 0 Å². The molecule has 2 N–H and O–H groups in total. The molecule has 0 bridgehead atoms. The predicted octanol–water partition coefficient (Wildman–Crippen LogP) is 4.62. The third-order valence-corrected chi connectivity index (χ3v) is 7.63. The quantitative estimate of drug-likeness (QED) is 0.565. The van der Waals surface area contributed by atoms with Gasteiger partial charge in [-0.15, -0.1) is 0 Å². The Morgan fingerprint density at radius 1 is 1.12 bits per heavy atom. The Kier molecular flexibility index (Phi) is 7.76. The number of likely N-dealkylation sites (tertiary alicyclic amines) is 1. The van der Waals surface area contributed by atoms with Gasteiger partial charge in [0.1, 0.15) is 23.3 Å². The van der Waals surface area contributed by atoms with E-state index in [9.17, 15) is 18.4 Å². The van der Waals surface area contributed by atoms with Crippen LogP contribution < -0.4 is 5.73 Å². The molecular weight excluding hydrogens is 440 g/mol. The highest BCUT2D eigenvalue weighted by atomic mass is 19.1. The van der Waals surface area contributed by atoms with E-state index in [1.54, 1.807) is 6.07 Å². The number of amides is 1. The molecule has 6 nitrogen and oxygen atoms in total. The van der Waals surface area contributed by atoms with Gasteiger partial charge in [-0.25, -0.2) is 8.78 Å². The van der Waals surface area contributed by atoms with E-state index in [2.05, 4.69) is 10.1 Å². The third kappa shape index (κ3) is 5.71. The van der Waals surface area contributed by atoms with Crippen molar-refractivity contribution in [3.05, 3.63) is 52.9 Å². The summed E-state index contributed by atoms with van der Waals surface area (Å²) in [6.45, 7) is 4.43. The molecule has 1 aromatic carbocycles. The number of piperidine rings is 1. The topological polar surface area (TPSA) is 89.4 Å². The maximum atomic E-state index is 14.0. The van der Waals surface area contributed by atoms with Crippen LogP contribution in [0.1, 0.15) is 72.7 Å². The van der Waals surface area contributed by atoms with E-state index in [-0.39, 0.29) is 29.1 Å². The van der Waals surface area contributed by atoms with E-state index in [0.717, 1.165) is 69.6 Å². The molecule has 1 aromatic heterocycles. The Bertz CT molecular complexity index is 1010. The lowest BCUT2D eigenvalue weighted by molar-refractivity contribution is -0.121. The number of carbonyl (C=O) groups excluding carboxylic acids is 2. The van der Waals surface area contributed by atoms with Crippen molar-refractivity contribution < 1.29 is 22.9 Å². The highest BCUT2D eigenvalue weighted by Gasteiger charge is 2.35. The van der Waals surface area contributed by atoms with Crippen molar-refractivity contribution in [1.29, 1.82) is 0 Å². The fraction of sp³-hybridized carbons (Fsp3) is 0.577. The smallest absolute Gasteiger partial charge is 0.228 e. The van der Waals surface area contributed by atoms with Gasteiger partial charge in [0.15, 0.2) is 5.78 Å². The zero-order chi connectivity index (χ0) is 24.2. The van der Waals surface area contributed by atoms with Gasteiger partial charge in [-0.05, 0) is 82.6 Å². The Labute approximate surface area is 198 Å². The number of hydrogen-bond acceptors (Lipinski definition) is 5. The number of aromatic nitrogens is 1. The van der Waals surface area contributed by atoms with Crippen molar-refractivity contribution in [2.24, 2.45) is 23.5 Å². The average Bonchev–Trinajstić information content (AvgIpc) is 3.24. The maximum Gasteiger partial charge on any atom is 0.228 e. The normalized spacial score (nSPS) is 23.0. The summed E-state index contributed by atoms with van der Waals surface area (Å²) >= 11 is 0. The number of ketones is 1. The molecule has 2 aromatic rings. The number of rotatable bonds is 8. The summed E-state index contributed by atoms with van der Waals surface area (Å²) in [6, 6.07) is 4.97. The molecule has 184 valence electrons. The van der Waals surface area contributed by atoms with Gasteiger partial charge < -0.3 is 15.2 Å². The summed E-state index contributed by atoms with van der Waals surface area (Å²) in [4.78, 5) is 27.1. The standard InChI is InChI=1S/C26H33F2N3O3/c1-16-14-23(34-30-16)24(26(29)33)18-4-2-17(3-5-18)8-11-31-12-9-19(10-13-31)25(32)21-7-6-20(27)15-22(21)28/h6-7,14-15,17-19,24H,2-5,8-13H2,1H3,(H2,29,33). The minimum atomic E-state index is -0.778. The van der Waals surface area contributed by atoms with Gasteiger partial charge in [0.05, 0.1) is 11.3 Å². The largest absolute Gasteiger partial charge is 0.369 e. The second-order valence-corrected chi connectivity index (χ2v) is 9.92. The molecule has 0 spiro atoms. The van der Waals surface area contributed by atoms with Crippen LogP contribution >= 0.6 is 0 Å². The van der Waals surface area contributed by atoms with Gasteiger partial charge in [0.2, 0.25) is 5.91 Å². The minimum absolute atomic E-state index is 0.00800. The summed E-state index contributed by atoms with van der Waals surface area (Å²) in [6.07, 6.45) is 6.47. The predicted molar refractivity (Wildman–Crippen MR) is 123 cm³/mol. The fourth-order valence-electron chi connectivity index (χ4n) is 5.64. The van der Waals surface area contributed by atoms with Crippen LogP contribution in [-0.2, 0) is 4.79 Å². The molecule has 1 amide bonds. The van der Waals surface area contributed by atoms with Crippen LogP contribution in [0.3, 0.4) is 0 Å². The average molecular weight is 474 g/mol. The van der Waals surface area contributed by atoms with Crippen molar-refractivity contribution in [1.82, 2.24) is 10.1 Å². The Hall–Kier alpha value is -2.61. The van der Waals surface area contributed by atoms with Crippen LogP contribution in [0.25, 0.3) is 0 Å². The van der Waals surface area contributed by atoms with E-state index in [1.165, 1.54) is 6.07 Å². The first-order valence-electron chi connectivity index (χ1n) is 12.3. The van der Waals surface area contributed by atoms with Gasteiger partial charge in [-0.2, -0.15) is 0 Å². The number of carbonyl (C=O) groups is 2. The van der Waals surface area contributed by atoms with Crippen LogP contribution in [0.5, 0.6) is 0 Å². The Morgan fingerprint density at radius 3 is 2.41 bits per heavy atom. The Morgan fingerprint density at radius 2 is 1.82 bits per heavy atom. The van der Waals surface area contributed by atoms with Gasteiger partial charge in [-0.3, -0.25) is 9.59 Å². The summed E-state index contributed by atoms with van der Waals surface area (Å²) in [5, 5.41) is 3.91. The summed E-state index contributed by atoms with van der Waals surface area (Å²) in [5.74, 6) is -1.27. The number of nitrogens with two attached hydrogens (primary N) is 1. The molecule has 1 atom stereocenters. The van der Waals surface area contributed by atoms with Crippen molar-refractivity contribution in [3.8, 4) is 0 Å². The zero-order valence-corrected chi connectivity index (χ0v) is 19.6. The number of nitrogens with zero attached hydrogens (tertiary/aromatic N) is 2. The SMILES string of the molecule is Cc1cc(C(C(N)=O)C2CCC(CCN3CCC(C(=O)c4ccc(F)cc4F)CC3)CC2)on1. The zero-order valence-electron chi connectivity index (χ0n) is 19.6. The fourth-order valence-corrected chi connectivity index (χ4v) is 5.64. The van der Waals surface area contributed by atoms with E-state index in [0.29, 0.717) is 24.5 Å². The molecule has 4 rings (SSSR count). The first-order chi connectivity index (χ1) is 16.3. The summed E-state index contributed by atoms with van der Waals surface area (Å²) in [7, 11) is 0. The number of benzene rings is 1. The van der Waals surface area contributed by atoms with Crippen LogP contribution in [0, 0.1) is 36.3 Å². The molecule has 2 heterocycles. The number of aryl methyl sites for hydroxylation is 1. The van der Waals surface area contributed by atoms with Crippen molar-refractivity contribution in [2.75, 3.05) is 19.6 Å². The van der Waals surface area contributed by atoms with Gasteiger partial charge in [0, 0.05) is 18.1 Å². The molecule has 2 fully saturated rings. The summed E-state index contributed by atoms with van der Waals surface area (Å²) in [5.41, 5.74) is 6.43. The minimum Gasteiger partial charge on any atom is -0.369 e. The molecule has 1 saturated carbocycles. The van der Waals surface area contributed by atoms with Crippen LogP contribution in [-0.4, -0.2) is 41.4 Å². The van der Waals surface area contributed by atoms with Crippen LogP contribution in [0.15, 0.2) is 28.8 Å². The van der Waals surface area contributed by atoms with Crippen molar-refractivity contribution in [2.45, 2.75) is 57.8 Å². The maximum absolute atomic E-state index is 14.0. The highest BCUT2D eigenvalue weighted by Crippen LogP contribution is 2.39. The van der Waals surface area contributed by atoms with E-state index in [4.69, 9.17) is 10.3 Å². The lowest BCUT2D eigenvalue weighted by atomic mass is 9.74. The number of Topliss-reactive ketones (excluding diaryl/α,β-unsaturated/α-hetero) is 1.